The lowest BCUT2D eigenvalue weighted by atomic mass is 9.82. The van der Waals surface area contributed by atoms with Gasteiger partial charge in [0.25, 0.3) is 5.91 Å². The van der Waals surface area contributed by atoms with E-state index >= 15 is 0 Å². The predicted molar refractivity (Wildman–Crippen MR) is 93.8 cm³/mol. The van der Waals surface area contributed by atoms with Gasteiger partial charge < -0.3 is 19.9 Å². The Labute approximate surface area is 149 Å². The first-order valence-electron chi connectivity index (χ1n) is 9.05. The van der Waals surface area contributed by atoms with Gasteiger partial charge in [0.15, 0.2) is 0 Å². The summed E-state index contributed by atoms with van der Waals surface area (Å²) in [6.45, 7) is 11.5. The van der Waals surface area contributed by atoms with Crippen molar-refractivity contribution in [3.05, 3.63) is 11.1 Å². The van der Waals surface area contributed by atoms with Gasteiger partial charge in [-0.15, -0.1) is 0 Å². The molecule has 0 unspecified atom stereocenters. The zero-order chi connectivity index (χ0) is 18.6. The van der Waals surface area contributed by atoms with Gasteiger partial charge in [-0.25, -0.2) is 4.79 Å². The van der Waals surface area contributed by atoms with Crippen LogP contribution in [0.15, 0.2) is 11.1 Å². The van der Waals surface area contributed by atoms with Crippen molar-refractivity contribution in [1.29, 1.82) is 0 Å². The molecule has 0 aromatic rings. The van der Waals surface area contributed by atoms with E-state index in [1.165, 1.54) is 6.92 Å². The minimum atomic E-state index is -0.883. The zero-order valence-electron chi connectivity index (χ0n) is 15.7. The number of carbonyl (C=O) groups excluding carboxylic acids is 3. The van der Waals surface area contributed by atoms with E-state index in [0.717, 1.165) is 19.6 Å². The highest BCUT2D eigenvalue weighted by atomic mass is 16.6. The summed E-state index contributed by atoms with van der Waals surface area (Å²) in [5.74, 6) is -0.651. The number of likely N-dealkylation sites (tertiary alicyclic amines) is 1. The minimum absolute atomic E-state index is 0.00472. The van der Waals surface area contributed by atoms with Gasteiger partial charge in [-0.05, 0) is 20.0 Å². The van der Waals surface area contributed by atoms with Crippen molar-refractivity contribution in [2.24, 2.45) is 0 Å². The van der Waals surface area contributed by atoms with Gasteiger partial charge >= 0.3 is 5.97 Å². The lowest BCUT2D eigenvalue weighted by Crippen LogP contribution is -2.50. The zero-order valence-corrected chi connectivity index (χ0v) is 15.7. The monoisotopic (exact) mass is 351 g/mol. The van der Waals surface area contributed by atoms with Gasteiger partial charge in [0.2, 0.25) is 5.91 Å². The summed E-state index contributed by atoms with van der Waals surface area (Å²) < 4.78 is 5.61. The summed E-state index contributed by atoms with van der Waals surface area (Å²) in [7, 11) is 0. The Morgan fingerprint density at radius 1 is 1.24 bits per heavy atom. The topological polar surface area (TPSA) is 79.0 Å². The maximum atomic E-state index is 12.7. The predicted octanol–water partition coefficient (Wildman–Crippen LogP) is 0.699. The lowest BCUT2D eigenvalue weighted by molar-refractivity contribution is -0.152. The molecular formula is C18H29N3O4. The van der Waals surface area contributed by atoms with Crippen LogP contribution < -0.4 is 5.32 Å². The molecule has 2 aliphatic heterocycles. The van der Waals surface area contributed by atoms with Crippen LogP contribution in [0.2, 0.25) is 0 Å². The molecule has 0 radical (unpaired) electrons. The van der Waals surface area contributed by atoms with Gasteiger partial charge in [0, 0.05) is 51.5 Å². The number of nitrogens with zero attached hydrogens (tertiary/aromatic N) is 2. The van der Waals surface area contributed by atoms with Gasteiger partial charge in [0.05, 0.1) is 5.57 Å². The third-order valence-corrected chi connectivity index (χ3v) is 5.28. The molecule has 0 aromatic heterocycles. The van der Waals surface area contributed by atoms with Crippen LogP contribution >= 0.6 is 0 Å². The molecule has 0 bridgehead atoms. The number of amides is 2. The SMILES string of the molecule is CCN(CC)CCNC(=O)C1=C(C)C(=O)OC12CCN(C(C)=O)CC2. The Morgan fingerprint density at radius 2 is 1.84 bits per heavy atom. The highest BCUT2D eigenvalue weighted by Crippen LogP contribution is 2.41. The van der Waals surface area contributed by atoms with Crippen LogP contribution in [0.3, 0.4) is 0 Å². The first-order valence-corrected chi connectivity index (χ1v) is 9.05. The fourth-order valence-electron chi connectivity index (χ4n) is 3.62. The van der Waals surface area contributed by atoms with Crippen LogP contribution in [0.25, 0.3) is 0 Å². The Balaban J connectivity index is 2.06. The number of hydrogen-bond acceptors (Lipinski definition) is 5. The molecule has 2 heterocycles. The summed E-state index contributed by atoms with van der Waals surface area (Å²) in [4.78, 5) is 40.3. The second-order valence-corrected chi connectivity index (χ2v) is 6.67. The van der Waals surface area contributed by atoms with Crippen LogP contribution in [-0.4, -0.2) is 72.5 Å². The molecular weight excluding hydrogens is 322 g/mol. The number of nitrogens with one attached hydrogen (secondary N) is 1. The van der Waals surface area contributed by atoms with Crippen LogP contribution in [0.1, 0.15) is 40.5 Å². The average Bonchev–Trinajstić information content (AvgIpc) is 2.82. The number of hydrogen-bond donors (Lipinski definition) is 1. The Bertz CT molecular complexity index is 573. The minimum Gasteiger partial charge on any atom is -0.450 e. The Hall–Kier alpha value is -1.89. The average molecular weight is 351 g/mol. The second-order valence-electron chi connectivity index (χ2n) is 6.67. The Kier molecular flexibility index (Phi) is 6.21. The lowest BCUT2D eigenvalue weighted by Gasteiger charge is -2.39. The molecule has 2 rings (SSSR count). The molecule has 0 aromatic carbocycles. The van der Waals surface area contributed by atoms with E-state index in [-0.39, 0.29) is 11.8 Å². The number of rotatable bonds is 6. The number of ether oxygens (including phenoxy) is 1. The van der Waals surface area contributed by atoms with E-state index in [1.54, 1.807) is 11.8 Å². The van der Waals surface area contributed by atoms with Gasteiger partial charge in [0.1, 0.15) is 5.60 Å². The van der Waals surface area contributed by atoms with Gasteiger partial charge in [-0.3, -0.25) is 9.59 Å². The summed E-state index contributed by atoms with van der Waals surface area (Å²) in [6, 6.07) is 0. The molecule has 1 saturated heterocycles. The highest BCUT2D eigenvalue weighted by Gasteiger charge is 2.50. The molecule has 2 amide bonds. The van der Waals surface area contributed by atoms with Crippen molar-refractivity contribution in [2.45, 2.75) is 46.1 Å². The standard InChI is InChI=1S/C18H29N3O4/c1-5-20(6-2)12-9-19-16(23)15-13(3)17(24)25-18(15)7-10-21(11-8-18)14(4)22/h5-12H2,1-4H3,(H,19,23). The maximum Gasteiger partial charge on any atom is 0.335 e. The molecule has 0 aliphatic carbocycles. The fraction of sp³-hybridized carbons (Fsp3) is 0.722. The fourth-order valence-corrected chi connectivity index (χ4v) is 3.62. The molecule has 7 heteroatoms. The normalized spacial score (nSPS) is 19.6. The van der Waals surface area contributed by atoms with E-state index < -0.39 is 11.6 Å². The third-order valence-electron chi connectivity index (χ3n) is 5.28. The van der Waals surface area contributed by atoms with E-state index in [0.29, 0.717) is 43.6 Å². The van der Waals surface area contributed by atoms with E-state index in [4.69, 9.17) is 4.74 Å². The molecule has 7 nitrogen and oxygen atoms in total. The summed E-state index contributed by atoms with van der Waals surface area (Å²) in [6.07, 6.45) is 0.933. The molecule has 25 heavy (non-hydrogen) atoms. The highest BCUT2D eigenvalue weighted by molar-refractivity contribution is 6.07. The molecule has 140 valence electrons. The first-order chi connectivity index (χ1) is 11.8. The molecule has 1 N–H and O–H groups in total. The number of likely N-dealkylation sites (N-methyl/N-ethyl adjacent to an activating group) is 1. The van der Waals surface area contributed by atoms with Crippen molar-refractivity contribution < 1.29 is 19.1 Å². The third kappa shape index (κ3) is 4.03. The molecule has 0 saturated carbocycles. The van der Waals surface area contributed by atoms with Crippen molar-refractivity contribution in [3.8, 4) is 0 Å². The van der Waals surface area contributed by atoms with Crippen molar-refractivity contribution in [1.82, 2.24) is 15.1 Å². The summed E-state index contributed by atoms with van der Waals surface area (Å²) in [5, 5.41) is 2.93. The second kappa shape index (κ2) is 7.99. The molecule has 0 atom stereocenters. The quantitative estimate of drug-likeness (QED) is 0.713. The van der Waals surface area contributed by atoms with Crippen molar-refractivity contribution in [3.63, 3.8) is 0 Å². The summed E-state index contributed by atoms with van der Waals surface area (Å²) in [5.41, 5.74) is -0.0521. The van der Waals surface area contributed by atoms with Crippen molar-refractivity contribution in [2.75, 3.05) is 39.3 Å². The van der Waals surface area contributed by atoms with E-state index in [1.807, 2.05) is 0 Å². The maximum absolute atomic E-state index is 12.7. The van der Waals surface area contributed by atoms with Crippen LogP contribution in [0, 0.1) is 0 Å². The Morgan fingerprint density at radius 3 is 2.36 bits per heavy atom. The van der Waals surface area contributed by atoms with E-state index in [9.17, 15) is 14.4 Å². The van der Waals surface area contributed by atoms with Crippen LogP contribution in [0.4, 0.5) is 0 Å². The van der Waals surface area contributed by atoms with Crippen LogP contribution in [0.5, 0.6) is 0 Å². The number of piperidine rings is 1. The molecule has 1 spiro atoms. The van der Waals surface area contributed by atoms with Gasteiger partial charge in [-0.2, -0.15) is 0 Å². The van der Waals surface area contributed by atoms with Gasteiger partial charge in [-0.1, -0.05) is 13.8 Å². The smallest absolute Gasteiger partial charge is 0.335 e. The molecule has 2 aliphatic rings. The van der Waals surface area contributed by atoms with E-state index in [2.05, 4.69) is 24.1 Å². The number of esters is 1. The van der Waals surface area contributed by atoms with Crippen molar-refractivity contribution >= 4 is 17.8 Å². The molecule has 1 fully saturated rings. The number of carbonyl (C=O) groups is 3. The van der Waals surface area contributed by atoms with Crippen LogP contribution in [-0.2, 0) is 19.1 Å². The summed E-state index contributed by atoms with van der Waals surface area (Å²) >= 11 is 0. The first kappa shape index (κ1) is 19.4. The largest absolute Gasteiger partial charge is 0.450 e.